The first-order valence-electron chi connectivity index (χ1n) is 9.51. The maximum absolute atomic E-state index is 13.8. The Labute approximate surface area is 173 Å². The Hall–Kier alpha value is -3.63. The number of halogens is 3. The summed E-state index contributed by atoms with van der Waals surface area (Å²) in [6.45, 7) is 0.176. The van der Waals surface area contributed by atoms with Crippen LogP contribution in [0.25, 0.3) is 0 Å². The van der Waals surface area contributed by atoms with Crippen LogP contribution in [0.3, 0.4) is 0 Å². The maximum Gasteiger partial charge on any atom is 0.410 e. The fraction of sp³-hybridized carbons (Fsp3) is 0.300. The van der Waals surface area contributed by atoms with Gasteiger partial charge in [0.15, 0.2) is 23.2 Å². The third kappa shape index (κ3) is 3.66. The van der Waals surface area contributed by atoms with Crippen molar-refractivity contribution >= 4 is 11.7 Å². The maximum atomic E-state index is 13.8. The number of aromatic nitrogens is 2. The summed E-state index contributed by atoms with van der Waals surface area (Å²) in [5.74, 6) is 1.07. The summed E-state index contributed by atoms with van der Waals surface area (Å²) in [5.41, 5.74) is 0.504. The lowest BCUT2D eigenvalue weighted by atomic mass is 9.96. The monoisotopic (exact) mass is 434 g/mol. The quantitative estimate of drug-likeness (QED) is 0.649. The van der Waals surface area contributed by atoms with Crippen LogP contribution in [-0.4, -0.2) is 28.7 Å². The molecule has 8 nitrogen and oxygen atoms in total. The van der Waals surface area contributed by atoms with E-state index in [1.54, 1.807) is 30.3 Å². The van der Waals surface area contributed by atoms with Crippen LogP contribution in [0.4, 0.5) is 19.0 Å². The van der Waals surface area contributed by atoms with Crippen molar-refractivity contribution in [2.24, 2.45) is 0 Å². The zero-order chi connectivity index (χ0) is 21.6. The smallest absolute Gasteiger partial charge is 0.410 e. The molecule has 31 heavy (non-hydrogen) atoms. The van der Waals surface area contributed by atoms with Gasteiger partial charge >= 0.3 is 6.18 Å². The lowest BCUT2D eigenvalue weighted by molar-refractivity contribution is -0.173. The average molecular weight is 434 g/mol. The van der Waals surface area contributed by atoms with Gasteiger partial charge in [-0.1, -0.05) is 6.07 Å². The molecule has 11 heteroatoms. The van der Waals surface area contributed by atoms with Crippen molar-refractivity contribution in [1.82, 2.24) is 15.1 Å². The second kappa shape index (κ2) is 7.25. The molecule has 1 aromatic carbocycles. The first kappa shape index (κ1) is 19.3. The SMILES string of the molecule is O=C(NCc1ccco1)c1cc2n(n1)[C@@H](C(F)(F)F)C[C@H](c1ccc3c(c1)OCO3)N2. The minimum Gasteiger partial charge on any atom is -0.467 e. The summed E-state index contributed by atoms with van der Waals surface area (Å²) in [5, 5.41) is 9.58. The minimum atomic E-state index is -4.54. The van der Waals surface area contributed by atoms with Gasteiger partial charge in [-0.3, -0.25) is 4.79 Å². The number of nitrogens with zero attached hydrogens (tertiary/aromatic N) is 2. The molecule has 162 valence electrons. The number of alkyl halides is 3. The Balaban J connectivity index is 1.41. The molecule has 3 aromatic rings. The van der Waals surface area contributed by atoms with E-state index in [2.05, 4.69) is 15.7 Å². The van der Waals surface area contributed by atoms with E-state index in [1.807, 2.05) is 0 Å². The highest BCUT2D eigenvalue weighted by atomic mass is 19.4. The molecule has 0 radical (unpaired) electrons. The molecule has 2 aliphatic rings. The van der Waals surface area contributed by atoms with Crippen LogP contribution in [0.2, 0.25) is 0 Å². The molecule has 2 aromatic heterocycles. The van der Waals surface area contributed by atoms with E-state index in [1.165, 1.54) is 12.3 Å². The summed E-state index contributed by atoms with van der Waals surface area (Å²) < 4.78 is 58.0. The lowest BCUT2D eigenvalue weighted by Crippen LogP contribution is -2.35. The van der Waals surface area contributed by atoms with Gasteiger partial charge in [-0.2, -0.15) is 18.3 Å². The first-order valence-corrected chi connectivity index (χ1v) is 9.51. The standard InChI is InChI=1S/C20H17F3N4O4/c21-20(22,23)17-7-13(11-3-4-15-16(6-11)31-10-30-15)25-18-8-14(26-27(17)18)19(28)24-9-12-2-1-5-29-12/h1-6,8,13,17,25H,7,9-10H2,(H,24,28)/t13-,17-/m1/s1. The van der Waals surface area contributed by atoms with Crippen molar-refractivity contribution in [3.05, 3.63) is 59.7 Å². The van der Waals surface area contributed by atoms with Gasteiger partial charge in [0, 0.05) is 12.5 Å². The molecule has 2 atom stereocenters. The van der Waals surface area contributed by atoms with E-state index >= 15 is 0 Å². The number of amides is 1. The van der Waals surface area contributed by atoms with E-state index < -0.39 is 24.2 Å². The Morgan fingerprint density at radius 1 is 1.23 bits per heavy atom. The molecule has 1 amide bonds. The van der Waals surface area contributed by atoms with Crippen LogP contribution in [0.5, 0.6) is 11.5 Å². The second-order valence-electron chi connectivity index (χ2n) is 7.22. The number of hydrogen-bond donors (Lipinski definition) is 2. The normalized spacial score (nSPS) is 19.6. The molecule has 5 rings (SSSR count). The molecule has 0 saturated heterocycles. The van der Waals surface area contributed by atoms with Gasteiger partial charge in [-0.15, -0.1) is 0 Å². The van der Waals surface area contributed by atoms with Gasteiger partial charge < -0.3 is 24.5 Å². The van der Waals surface area contributed by atoms with Gasteiger partial charge in [0.25, 0.3) is 5.91 Å². The third-order valence-electron chi connectivity index (χ3n) is 5.22. The Kier molecular flexibility index (Phi) is 4.53. The summed E-state index contributed by atoms with van der Waals surface area (Å²) in [6, 6.07) is 7.16. The topological polar surface area (TPSA) is 90.6 Å². The number of furan rings is 1. The van der Waals surface area contributed by atoms with Crippen LogP contribution in [-0.2, 0) is 6.54 Å². The lowest BCUT2D eigenvalue weighted by Gasteiger charge is -2.33. The molecule has 0 unspecified atom stereocenters. The molecule has 2 aliphatic heterocycles. The summed E-state index contributed by atoms with van der Waals surface area (Å²) in [4.78, 5) is 12.4. The van der Waals surface area contributed by atoms with Crippen LogP contribution in [0, 0.1) is 0 Å². The fourth-order valence-electron chi connectivity index (χ4n) is 3.70. The Morgan fingerprint density at radius 3 is 2.84 bits per heavy atom. The van der Waals surface area contributed by atoms with Crippen LogP contribution in [0.1, 0.15) is 40.3 Å². The zero-order valence-corrected chi connectivity index (χ0v) is 16.0. The van der Waals surface area contributed by atoms with Crippen LogP contribution >= 0.6 is 0 Å². The second-order valence-corrected chi connectivity index (χ2v) is 7.22. The Bertz CT molecular complexity index is 1110. The van der Waals surface area contributed by atoms with Crippen LogP contribution in [0.15, 0.2) is 47.1 Å². The zero-order valence-electron chi connectivity index (χ0n) is 16.0. The van der Waals surface area contributed by atoms with Gasteiger partial charge in [0.2, 0.25) is 6.79 Å². The number of carbonyl (C=O) groups is 1. The molecule has 0 fully saturated rings. The number of fused-ring (bicyclic) bond motifs is 2. The van der Waals surface area contributed by atoms with Crippen molar-refractivity contribution in [3.63, 3.8) is 0 Å². The number of hydrogen-bond acceptors (Lipinski definition) is 6. The molecular weight excluding hydrogens is 417 g/mol. The summed E-state index contributed by atoms with van der Waals surface area (Å²) in [6.07, 6.45) is -3.37. The van der Waals surface area contributed by atoms with E-state index in [0.29, 0.717) is 22.8 Å². The summed E-state index contributed by atoms with van der Waals surface area (Å²) in [7, 11) is 0. The number of benzene rings is 1. The minimum absolute atomic E-state index is 0.0747. The largest absolute Gasteiger partial charge is 0.467 e. The molecule has 0 saturated carbocycles. The number of ether oxygens (including phenoxy) is 2. The van der Waals surface area contributed by atoms with Gasteiger partial charge in [-0.25, -0.2) is 4.68 Å². The van der Waals surface area contributed by atoms with Crippen molar-refractivity contribution in [2.75, 3.05) is 12.1 Å². The van der Waals surface area contributed by atoms with Gasteiger partial charge in [0.05, 0.1) is 18.8 Å². The van der Waals surface area contributed by atoms with E-state index in [4.69, 9.17) is 13.9 Å². The number of carbonyl (C=O) groups excluding carboxylic acids is 1. The predicted molar refractivity (Wildman–Crippen MR) is 101 cm³/mol. The highest BCUT2D eigenvalue weighted by Gasteiger charge is 2.47. The number of rotatable bonds is 4. The van der Waals surface area contributed by atoms with E-state index in [-0.39, 0.29) is 31.3 Å². The molecule has 4 heterocycles. The number of anilines is 1. The number of nitrogens with one attached hydrogen (secondary N) is 2. The van der Waals surface area contributed by atoms with Gasteiger partial charge in [-0.05, 0) is 29.8 Å². The van der Waals surface area contributed by atoms with E-state index in [9.17, 15) is 18.0 Å². The fourth-order valence-corrected chi connectivity index (χ4v) is 3.70. The van der Waals surface area contributed by atoms with Crippen molar-refractivity contribution in [1.29, 1.82) is 0 Å². The predicted octanol–water partition coefficient (Wildman–Crippen LogP) is 3.80. The highest BCUT2D eigenvalue weighted by molar-refractivity contribution is 5.93. The molecular formula is C20H17F3N4O4. The molecule has 2 N–H and O–H groups in total. The highest BCUT2D eigenvalue weighted by Crippen LogP contribution is 2.45. The van der Waals surface area contributed by atoms with Crippen molar-refractivity contribution in [3.8, 4) is 11.5 Å². The first-order chi connectivity index (χ1) is 14.9. The third-order valence-corrected chi connectivity index (χ3v) is 5.22. The molecule has 0 bridgehead atoms. The summed E-state index contributed by atoms with van der Waals surface area (Å²) >= 11 is 0. The van der Waals surface area contributed by atoms with Crippen LogP contribution < -0.4 is 20.1 Å². The van der Waals surface area contributed by atoms with E-state index in [0.717, 1.165) is 4.68 Å². The van der Waals surface area contributed by atoms with Crippen molar-refractivity contribution < 1.29 is 31.9 Å². The Morgan fingerprint density at radius 2 is 2.06 bits per heavy atom. The van der Waals surface area contributed by atoms with Gasteiger partial charge in [0.1, 0.15) is 11.6 Å². The molecule has 0 aliphatic carbocycles. The average Bonchev–Trinajstić information content (AvgIpc) is 3.50. The van der Waals surface area contributed by atoms with Crippen molar-refractivity contribution in [2.45, 2.75) is 31.2 Å². The molecule has 0 spiro atoms.